The lowest BCUT2D eigenvalue weighted by molar-refractivity contribution is 0.0812. The molecule has 0 aromatic carbocycles. The molecule has 0 aliphatic carbocycles. The molecule has 1 aliphatic heterocycles. The zero-order valence-electron chi connectivity index (χ0n) is 10.3. The van der Waals surface area contributed by atoms with Crippen LogP contribution in [0.25, 0.3) is 0 Å². The first-order chi connectivity index (χ1) is 7.72. The van der Waals surface area contributed by atoms with Gasteiger partial charge in [0.15, 0.2) is 0 Å². The van der Waals surface area contributed by atoms with E-state index in [0.29, 0.717) is 12.1 Å². The highest BCUT2D eigenvalue weighted by molar-refractivity contribution is 5.14. The third kappa shape index (κ3) is 2.30. The van der Waals surface area contributed by atoms with Crippen molar-refractivity contribution in [3.8, 4) is 0 Å². The first-order valence-electron chi connectivity index (χ1n) is 6.21. The highest BCUT2D eigenvalue weighted by Crippen LogP contribution is 2.25. The van der Waals surface area contributed by atoms with Crippen molar-refractivity contribution >= 4 is 0 Å². The lowest BCUT2D eigenvalue weighted by Gasteiger charge is -2.39. The Bertz CT molecular complexity index is 334. The van der Waals surface area contributed by atoms with E-state index < -0.39 is 0 Å². The molecule has 1 fully saturated rings. The molecule has 2 rings (SSSR count). The van der Waals surface area contributed by atoms with Gasteiger partial charge in [0.05, 0.1) is 12.8 Å². The van der Waals surface area contributed by atoms with E-state index in [1.54, 1.807) is 6.26 Å². The van der Waals surface area contributed by atoms with Crippen molar-refractivity contribution in [3.05, 3.63) is 23.7 Å². The van der Waals surface area contributed by atoms with Crippen molar-refractivity contribution in [2.75, 3.05) is 6.54 Å². The fourth-order valence-electron chi connectivity index (χ4n) is 2.61. The maximum absolute atomic E-state index is 5.85. The van der Waals surface area contributed by atoms with Crippen LogP contribution in [0.15, 0.2) is 16.7 Å². The third-order valence-electron chi connectivity index (χ3n) is 3.76. The predicted molar refractivity (Wildman–Crippen MR) is 65.1 cm³/mol. The third-order valence-corrected chi connectivity index (χ3v) is 3.76. The first kappa shape index (κ1) is 11.7. The van der Waals surface area contributed by atoms with E-state index in [9.17, 15) is 0 Å². The summed E-state index contributed by atoms with van der Waals surface area (Å²) in [7, 11) is 0. The van der Waals surface area contributed by atoms with E-state index in [1.807, 2.05) is 6.07 Å². The van der Waals surface area contributed by atoms with Gasteiger partial charge >= 0.3 is 0 Å². The van der Waals surface area contributed by atoms with Gasteiger partial charge in [-0.1, -0.05) is 6.42 Å². The molecule has 2 N–H and O–H groups in total. The second-order valence-corrected chi connectivity index (χ2v) is 4.87. The molecule has 1 aliphatic rings. The minimum atomic E-state index is 0.522. The van der Waals surface area contributed by atoms with Crippen LogP contribution in [0.4, 0.5) is 0 Å². The summed E-state index contributed by atoms with van der Waals surface area (Å²) >= 11 is 0. The molecule has 1 aromatic rings. The summed E-state index contributed by atoms with van der Waals surface area (Å²) in [6.07, 6.45) is 5.57. The molecule has 3 nitrogen and oxygen atoms in total. The fraction of sp³-hybridized carbons (Fsp3) is 0.692. The van der Waals surface area contributed by atoms with Crippen LogP contribution < -0.4 is 5.73 Å². The Morgan fingerprint density at radius 2 is 2.31 bits per heavy atom. The van der Waals surface area contributed by atoms with Gasteiger partial charge in [-0.2, -0.15) is 0 Å². The van der Waals surface area contributed by atoms with Crippen LogP contribution in [0, 0.1) is 6.92 Å². The van der Waals surface area contributed by atoms with Crippen molar-refractivity contribution < 1.29 is 4.42 Å². The molecule has 16 heavy (non-hydrogen) atoms. The molecule has 0 radical (unpaired) electrons. The van der Waals surface area contributed by atoms with Gasteiger partial charge in [-0.05, 0) is 38.3 Å². The normalized spacial score (nSPS) is 27.2. The Labute approximate surface area is 97.6 Å². The van der Waals surface area contributed by atoms with Crippen molar-refractivity contribution in [1.29, 1.82) is 0 Å². The predicted octanol–water partition coefficient (Wildman–Crippen LogP) is 2.29. The summed E-state index contributed by atoms with van der Waals surface area (Å²) in [6, 6.07) is 3.17. The van der Waals surface area contributed by atoms with Gasteiger partial charge in [0.2, 0.25) is 0 Å². The average molecular weight is 222 g/mol. The maximum atomic E-state index is 5.85. The van der Waals surface area contributed by atoms with Crippen molar-refractivity contribution in [2.45, 2.75) is 51.7 Å². The van der Waals surface area contributed by atoms with Crippen LogP contribution in [-0.2, 0) is 6.54 Å². The van der Waals surface area contributed by atoms with Gasteiger partial charge in [0.25, 0.3) is 0 Å². The van der Waals surface area contributed by atoms with Crippen molar-refractivity contribution in [2.24, 2.45) is 5.73 Å². The van der Waals surface area contributed by atoms with E-state index in [-0.39, 0.29) is 0 Å². The van der Waals surface area contributed by atoms with Gasteiger partial charge < -0.3 is 10.2 Å². The Morgan fingerprint density at radius 3 is 2.94 bits per heavy atom. The number of hydrogen-bond donors (Lipinski definition) is 1. The van der Waals surface area contributed by atoms with Crippen LogP contribution in [-0.4, -0.2) is 23.5 Å². The molecular formula is C13H22N2O. The molecule has 90 valence electrons. The van der Waals surface area contributed by atoms with E-state index >= 15 is 0 Å². The largest absolute Gasteiger partial charge is 0.468 e. The molecule has 1 aromatic heterocycles. The van der Waals surface area contributed by atoms with E-state index in [4.69, 9.17) is 10.2 Å². The lowest BCUT2D eigenvalue weighted by atomic mass is 9.96. The summed E-state index contributed by atoms with van der Waals surface area (Å²) in [6.45, 7) is 6.05. The number of furan rings is 1. The van der Waals surface area contributed by atoms with E-state index in [0.717, 1.165) is 18.8 Å². The van der Waals surface area contributed by atoms with Crippen LogP contribution in [0.1, 0.15) is 37.5 Å². The quantitative estimate of drug-likeness (QED) is 0.853. The molecule has 0 spiro atoms. The number of rotatable bonds is 3. The lowest BCUT2D eigenvalue weighted by Crippen LogP contribution is -2.48. The zero-order chi connectivity index (χ0) is 11.5. The second kappa shape index (κ2) is 5.02. The van der Waals surface area contributed by atoms with Gasteiger partial charge in [-0.15, -0.1) is 0 Å². The standard InChI is InChI=1S/C13H22N2O/c1-10-6-7-16-13(10)9-15-11(2)4-3-5-12(15)8-14/h6-7,11-12H,3-5,8-9,14H2,1-2H3. The van der Waals surface area contributed by atoms with Gasteiger partial charge in [0.1, 0.15) is 5.76 Å². The Hall–Kier alpha value is -0.800. The fourth-order valence-corrected chi connectivity index (χ4v) is 2.61. The molecule has 0 amide bonds. The Kier molecular flexibility index (Phi) is 3.66. The molecule has 0 saturated carbocycles. The average Bonchev–Trinajstić information content (AvgIpc) is 2.67. The van der Waals surface area contributed by atoms with Gasteiger partial charge in [0, 0.05) is 18.6 Å². The molecule has 3 heteroatoms. The highest BCUT2D eigenvalue weighted by Gasteiger charge is 2.27. The summed E-state index contributed by atoms with van der Waals surface area (Å²) in [5.41, 5.74) is 7.09. The SMILES string of the molecule is Cc1ccoc1CN1C(C)CCCC1CN. The summed E-state index contributed by atoms with van der Waals surface area (Å²) in [4.78, 5) is 2.50. The molecule has 2 heterocycles. The first-order valence-corrected chi connectivity index (χ1v) is 6.21. The van der Waals surface area contributed by atoms with Crippen LogP contribution in [0.3, 0.4) is 0 Å². The zero-order valence-corrected chi connectivity index (χ0v) is 10.3. The molecular weight excluding hydrogens is 200 g/mol. The summed E-state index contributed by atoms with van der Waals surface area (Å²) in [5.74, 6) is 1.09. The number of likely N-dealkylation sites (tertiary alicyclic amines) is 1. The minimum absolute atomic E-state index is 0.522. The van der Waals surface area contributed by atoms with Crippen LogP contribution in [0.5, 0.6) is 0 Å². The van der Waals surface area contributed by atoms with Crippen molar-refractivity contribution in [3.63, 3.8) is 0 Å². The summed E-state index contributed by atoms with van der Waals surface area (Å²) < 4.78 is 5.53. The van der Waals surface area contributed by atoms with E-state index in [2.05, 4.69) is 18.7 Å². The summed E-state index contributed by atoms with van der Waals surface area (Å²) in [5, 5.41) is 0. The molecule has 1 saturated heterocycles. The molecule has 0 bridgehead atoms. The topological polar surface area (TPSA) is 42.4 Å². The minimum Gasteiger partial charge on any atom is -0.468 e. The van der Waals surface area contributed by atoms with Gasteiger partial charge in [-0.3, -0.25) is 4.90 Å². The molecule has 2 unspecified atom stereocenters. The monoisotopic (exact) mass is 222 g/mol. The van der Waals surface area contributed by atoms with Gasteiger partial charge in [-0.25, -0.2) is 0 Å². The van der Waals surface area contributed by atoms with E-state index in [1.165, 1.54) is 24.8 Å². The Morgan fingerprint density at radius 1 is 1.50 bits per heavy atom. The second-order valence-electron chi connectivity index (χ2n) is 4.87. The molecule has 2 atom stereocenters. The number of hydrogen-bond acceptors (Lipinski definition) is 3. The smallest absolute Gasteiger partial charge is 0.120 e. The van der Waals surface area contributed by atoms with Crippen molar-refractivity contribution in [1.82, 2.24) is 4.90 Å². The van der Waals surface area contributed by atoms with Crippen LogP contribution >= 0.6 is 0 Å². The number of nitrogens with zero attached hydrogens (tertiary/aromatic N) is 1. The van der Waals surface area contributed by atoms with Crippen LogP contribution in [0.2, 0.25) is 0 Å². The number of aryl methyl sites for hydroxylation is 1. The highest BCUT2D eigenvalue weighted by atomic mass is 16.3. The number of piperidine rings is 1. The number of nitrogens with two attached hydrogens (primary N) is 1. The Balaban J connectivity index is 2.08. The maximum Gasteiger partial charge on any atom is 0.120 e.